The molecule has 4 heteroatoms. The van der Waals surface area contributed by atoms with Crippen LogP contribution in [0.2, 0.25) is 0 Å². The van der Waals surface area contributed by atoms with Gasteiger partial charge in [-0.05, 0) is 36.2 Å². The summed E-state index contributed by atoms with van der Waals surface area (Å²) in [5.74, 6) is -0.285. The Morgan fingerprint density at radius 1 is 1.30 bits per heavy atom. The van der Waals surface area contributed by atoms with Crippen molar-refractivity contribution in [3.8, 4) is 6.07 Å². The number of nitriles is 1. The maximum absolute atomic E-state index is 13.9. The molecule has 2 aromatic carbocycles. The molecule has 0 aliphatic carbocycles. The first-order valence-electron chi connectivity index (χ1n) is 6.50. The van der Waals surface area contributed by atoms with Crippen molar-refractivity contribution in [3.63, 3.8) is 0 Å². The summed E-state index contributed by atoms with van der Waals surface area (Å²) in [6.45, 7) is 1.25. The number of fused-ring (bicyclic) bond motifs is 1. The molecule has 2 N–H and O–H groups in total. The Hall–Kier alpha value is -2.54. The third kappa shape index (κ3) is 2.08. The number of benzene rings is 2. The van der Waals surface area contributed by atoms with Crippen LogP contribution in [-0.2, 0) is 13.0 Å². The molecule has 0 aromatic heterocycles. The molecule has 0 radical (unpaired) electrons. The van der Waals surface area contributed by atoms with E-state index in [0.717, 1.165) is 24.3 Å². The molecular formula is C16H14FN3. The van der Waals surface area contributed by atoms with Crippen molar-refractivity contribution < 1.29 is 4.39 Å². The summed E-state index contributed by atoms with van der Waals surface area (Å²) in [5, 5.41) is 8.91. The lowest BCUT2D eigenvalue weighted by atomic mass is 10.1. The summed E-state index contributed by atoms with van der Waals surface area (Å²) in [5.41, 5.74) is 9.93. The molecule has 1 aliphatic rings. The zero-order valence-corrected chi connectivity index (χ0v) is 10.9. The molecule has 0 atom stereocenters. The van der Waals surface area contributed by atoms with Crippen LogP contribution in [0.4, 0.5) is 15.8 Å². The van der Waals surface area contributed by atoms with Gasteiger partial charge in [0.1, 0.15) is 5.82 Å². The lowest BCUT2D eigenvalue weighted by molar-refractivity contribution is 0.605. The van der Waals surface area contributed by atoms with E-state index in [9.17, 15) is 4.39 Å². The monoisotopic (exact) mass is 267 g/mol. The van der Waals surface area contributed by atoms with E-state index < -0.39 is 0 Å². The molecule has 3 rings (SSSR count). The summed E-state index contributed by atoms with van der Waals surface area (Å²) in [6, 6.07) is 12.3. The van der Waals surface area contributed by atoms with Crippen molar-refractivity contribution in [3.05, 3.63) is 58.9 Å². The predicted molar refractivity (Wildman–Crippen MR) is 76.7 cm³/mol. The van der Waals surface area contributed by atoms with Gasteiger partial charge in [-0.25, -0.2) is 4.39 Å². The van der Waals surface area contributed by atoms with E-state index in [1.807, 2.05) is 24.3 Å². The maximum atomic E-state index is 13.9. The Balaban J connectivity index is 1.94. The van der Waals surface area contributed by atoms with E-state index in [4.69, 9.17) is 11.0 Å². The number of rotatable bonds is 2. The van der Waals surface area contributed by atoms with Crippen LogP contribution < -0.4 is 10.6 Å². The third-order valence-corrected chi connectivity index (χ3v) is 3.65. The lowest BCUT2D eigenvalue weighted by Crippen LogP contribution is -2.21. The number of hydrogen-bond acceptors (Lipinski definition) is 3. The first-order valence-corrected chi connectivity index (χ1v) is 6.50. The summed E-state index contributed by atoms with van der Waals surface area (Å²) in [4.78, 5) is 2.07. The normalized spacial score (nSPS) is 13.1. The van der Waals surface area contributed by atoms with Crippen molar-refractivity contribution in [1.29, 1.82) is 5.26 Å². The van der Waals surface area contributed by atoms with Crippen LogP contribution in [0, 0.1) is 17.1 Å². The highest BCUT2D eigenvalue weighted by Crippen LogP contribution is 2.34. The molecule has 2 aromatic rings. The highest BCUT2D eigenvalue weighted by atomic mass is 19.1. The Labute approximate surface area is 117 Å². The van der Waals surface area contributed by atoms with Gasteiger partial charge in [-0.2, -0.15) is 5.26 Å². The first-order chi connectivity index (χ1) is 9.69. The Kier molecular flexibility index (Phi) is 3.03. The van der Waals surface area contributed by atoms with Gasteiger partial charge in [-0.15, -0.1) is 0 Å². The molecular weight excluding hydrogens is 253 g/mol. The van der Waals surface area contributed by atoms with E-state index in [1.54, 1.807) is 6.07 Å². The van der Waals surface area contributed by atoms with Gasteiger partial charge in [-0.1, -0.05) is 12.1 Å². The number of anilines is 2. The van der Waals surface area contributed by atoms with E-state index in [-0.39, 0.29) is 5.82 Å². The summed E-state index contributed by atoms with van der Waals surface area (Å²) in [6.07, 6.45) is 0.917. The van der Waals surface area contributed by atoms with Crippen molar-refractivity contribution in [2.75, 3.05) is 17.2 Å². The van der Waals surface area contributed by atoms with Crippen LogP contribution in [0.5, 0.6) is 0 Å². The smallest absolute Gasteiger partial charge is 0.128 e. The van der Waals surface area contributed by atoms with Gasteiger partial charge in [0.2, 0.25) is 0 Å². The zero-order chi connectivity index (χ0) is 14.1. The molecule has 0 amide bonds. The molecule has 0 fully saturated rings. The second-order valence-electron chi connectivity index (χ2n) is 4.94. The average Bonchev–Trinajstić information content (AvgIpc) is 2.86. The fourth-order valence-corrected chi connectivity index (χ4v) is 2.70. The molecule has 3 nitrogen and oxygen atoms in total. The van der Waals surface area contributed by atoms with Crippen molar-refractivity contribution in [2.24, 2.45) is 0 Å². The van der Waals surface area contributed by atoms with E-state index in [0.29, 0.717) is 17.7 Å². The van der Waals surface area contributed by atoms with Crippen LogP contribution in [0.15, 0.2) is 36.4 Å². The predicted octanol–water partition coefficient (Wildman–Crippen LogP) is 2.84. The lowest BCUT2D eigenvalue weighted by Gasteiger charge is -2.21. The molecule has 0 unspecified atom stereocenters. The third-order valence-electron chi connectivity index (χ3n) is 3.65. The quantitative estimate of drug-likeness (QED) is 0.851. The van der Waals surface area contributed by atoms with Crippen molar-refractivity contribution in [2.45, 2.75) is 13.0 Å². The fraction of sp³-hybridized carbons (Fsp3) is 0.188. The van der Waals surface area contributed by atoms with Crippen LogP contribution >= 0.6 is 0 Å². The topological polar surface area (TPSA) is 53.0 Å². The minimum atomic E-state index is -0.285. The highest BCUT2D eigenvalue weighted by molar-refractivity contribution is 5.74. The highest BCUT2D eigenvalue weighted by Gasteiger charge is 2.22. The van der Waals surface area contributed by atoms with Gasteiger partial charge >= 0.3 is 0 Å². The molecule has 1 aliphatic heterocycles. The van der Waals surface area contributed by atoms with Gasteiger partial charge in [0.15, 0.2) is 0 Å². The van der Waals surface area contributed by atoms with Gasteiger partial charge in [0.05, 0.1) is 23.0 Å². The number of halogens is 1. The molecule has 0 saturated carbocycles. The average molecular weight is 267 g/mol. The largest absolute Gasteiger partial charge is 0.397 e. The molecule has 0 spiro atoms. The number of para-hydroxylation sites is 1. The van der Waals surface area contributed by atoms with E-state index >= 15 is 0 Å². The Morgan fingerprint density at radius 3 is 2.95 bits per heavy atom. The van der Waals surface area contributed by atoms with Gasteiger partial charge in [-0.3, -0.25) is 0 Å². The molecule has 0 bridgehead atoms. The Morgan fingerprint density at radius 2 is 2.15 bits per heavy atom. The second kappa shape index (κ2) is 4.86. The first kappa shape index (κ1) is 12.5. The summed E-state index contributed by atoms with van der Waals surface area (Å²) < 4.78 is 13.9. The van der Waals surface area contributed by atoms with Crippen molar-refractivity contribution in [1.82, 2.24) is 0 Å². The number of nitrogens with zero attached hydrogens (tertiary/aromatic N) is 2. The SMILES string of the molecule is N#Cc1ccc(F)c(CN2CCc3cccc(N)c32)c1. The summed E-state index contributed by atoms with van der Waals surface area (Å²) in [7, 11) is 0. The van der Waals surface area contributed by atoms with Crippen LogP contribution in [0.3, 0.4) is 0 Å². The van der Waals surface area contributed by atoms with Crippen LogP contribution in [0.1, 0.15) is 16.7 Å². The minimum absolute atomic E-state index is 0.285. The van der Waals surface area contributed by atoms with Crippen LogP contribution in [0.25, 0.3) is 0 Å². The second-order valence-corrected chi connectivity index (χ2v) is 4.94. The standard InChI is InChI=1S/C16H14FN3/c17-14-5-4-11(9-18)8-13(14)10-20-7-6-12-2-1-3-15(19)16(12)20/h1-5,8H,6-7,10,19H2. The number of hydrogen-bond donors (Lipinski definition) is 1. The number of nitrogens with two attached hydrogens (primary N) is 1. The van der Waals surface area contributed by atoms with E-state index in [1.165, 1.54) is 17.7 Å². The van der Waals surface area contributed by atoms with Gasteiger partial charge < -0.3 is 10.6 Å². The molecule has 100 valence electrons. The minimum Gasteiger partial charge on any atom is -0.397 e. The maximum Gasteiger partial charge on any atom is 0.128 e. The zero-order valence-electron chi connectivity index (χ0n) is 10.9. The molecule has 0 saturated heterocycles. The molecule has 1 heterocycles. The van der Waals surface area contributed by atoms with Gasteiger partial charge in [0, 0.05) is 18.7 Å². The summed E-state index contributed by atoms with van der Waals surface area (Å²) >= 11 is 0. The van der Waals surface area contributed by atoms with Crippen molar-refractivity contribution >= 4 is 11.4 Å². The number of nitrogen functional groups attached to an aromatic ring is 1. The van der Waals surface area contributed by atoms with Gasteiger partial charge in [0.25, 0.3) is 0 Å². The fourth-order valence-electron chi connectivity index (χ4n) is 2.70. The Bertz CT molecular complexity index is 703. The van der Waals surface area contributed by atoms with Crippen LogP contribution in [-0.4, -0.2) is 6.54 Å². The molecule has 20 heavy (non-hydrogen) atoms. The van der Waals surface area contributed by atoms with E-state index in [2.05, 4.69) is 4.90 Å².